The van der Waals surface area contributed by atoms with Gasteiger partial charge in [-0.15, -0.1) is 6.58 Å². The molecule has 0 heterocycles. The van der Waals surface area contributed by atoms with Gasteiger partial charge in [-0.2, -0.15) is 8.78 Å². The van der Waals surface area contributed by atoms with E-state index in [-0.39, 0.29) is 0 Å². The predicted octanol–water partition coefficient (Wildman–Crippen LogP) is 1.92. The molecule has 0 amide bonds. The third kappa shape index (κ3) is 10.1. The van der Waals surface area contributed by atoms with E-state index in [0.717, 1.165) is 0 Å². The first-order chi connectivity index (χ1) is 4.36. The average Bonchev–Trinajstić information content (AvgIpc) is 1.64. The predicted molar refractivity (Wildman–Crippen MR) is 34.1 cm³/mol. The van der Waals surface area contributed by atoms with Gasteiger partial charge in [-0.25, -0.2) is 4.79 Å². The number of hydrogen-bond donors (Lipinski definition) is 1. The summed E-state index contributed by atoms with van der Waals surface area (Å²) in [6, 6.07) is 0. The molecule has 0 aromatic heterocycles. The van der Waals surface area contributed by atoms with Gasteiger partial charge in [-0.3, -0.25) is 0 Å². The monoisotopic (exact) mass is 152 g/mol. The van der Waals surface area contributed by atoms with Crippen LogP contribution in [0.5, 0.6) is 0 Å². The SMILES string of the molecule is C=CC.CC(F)(F)C(=O)O. The van der Waals surface area contributed by atoms with E-state index >= 15 is 0 Å². The lowest BCUT2D eigenvalue weighted by molar-refractivity contribution is -0.161. The summed E-state index contributed by atoms with van der Waals surface area (Å²) in [5, 5.41) is 7.50. The first kappa shape index (κ1) is 11.8. The van der Waals surface area contributed by atoms with Gasteiger partial charge in [0.1, 0.15) is 0 Å². The second-order valence-corrected chi connectivity index (χ2v) is 1.60. The number of carboxylic acid groups (broad SMARTS) is 1. The van der Waals surface area contributed by atoms with Crippen LogP contribution in [0, 0.1) is 0 Å². The van der Waals surface area contributed by atoms with Gasteiger partial charge in [0.25, 0.3) is 0 Å². The highest BCUT2D eigenvalue weighted by Gasteiger charge is 2.31. The quantitative estimate of drug-likeness (QED) is 0.583. The Morgan fingerprint density at radius 2 is 1.80 bits per heavy atom. The Hall–Kier alpha value is -0.930. The summed E-state index contributed by atoms with van der Waals surface area (Å²) in [6.45, 7) is 5.58. The summed E-state index contributed by atoms with van der Waals surface area (Å²) < 4.78 is 22.5. The normalized spacial score (nSPS) is 9.20. The lowest BCUT2D eigenvalue weighted by Crippen LogP contribution is -2.22. The highest BCUT2D eigenvalue weighted by Crippen LogP contribution is 2.09. The van der Waals surface area contributed by atoms with Crippen molar-refractivity contribution in [1.29, 1.82) is 0 Å². The van der Waals surface area contributed by atoms with E-state index in [1.807, 2.05) is 6.92 Å². The molecule has 0 radical (unpaired) electrons. The van der Waals surface area contributed by atoms with E-state index in [2.05, 4.69) is 6.58 Å². The number of carbonyl (C=O) groups is 1. The first-order valence-electron chi connectivity index (χ1n) is 2.54. The zero-order valence-electron chi connectivity index (χ0n) is 5.90. The van der Waals surface area contributed by atoms with Crippen molar-refractivity contribution in [3.05, 3.63) is 12.7 Å². The van der Waals surface area contributed by atoms with Crippen LogP contribution in [0.25, 0.3) is 0 Å². The number of alkyl halides is 2. The minimum atomic E-state index is -3.58. The minimum Gasteiger partial charge on any atom is -0.477 e. The number of halogens is 2. The number of carboxylic acids is 1. The smallest absolute Gasteiger partial charge is 0.374 e. The molecule has 0 aliphatic carbocycles. The fourth-order valence-electron chi connectivity index (χ4n) is 0. The summed E-state index contributed by atoms with van der Waals surface area (Å²) in [6.07, 6.45) is 1.75. The van der Waals surface area contributed by atoms with Gasteiger partial charge in [0, 0.05) is 6.92 Å². The van der Waals surface area contributed by atoms with Gasteiger partial charge >= 0.3 is 11.9 Å². The Balaban J connectivity index is 0. The molecule has 0 rings (SSSR count). The van der Waals surface area contributed by atoms with E-state index in [1.54, 1.807) is 6.08 Å². The van der Waals surface area contributed by atoms with E-state index in [0.29, 0.717) is 6.92 Å². The van der Waals surface area contributed by atoms with E-state index in [9.17, 15) is 13.6 Å². The van der Waals surface area contributed by atoms with Crippen molar-refractivity contribution in [2.24, 2.45) is 0 Å². The van der Waals surface area contributed by atoms with Crippen LogP contribution in [0.2, 0.25) is 0 Å². The van der Waals surface area contributed by atoms with Crippen LogP contribution in [0.15, 0.2) is 12.7 Å². The molecule has 0 aromatic rings. The molecule has 60 valence electrons. The zero-order chi connectivity index (χ0) is 8.78. The zero-order valence-corrected chi connectivity index (χ0v) is 5.90. The summed E-state index contributed by atoms with van der Waals surface area (Å²) in [7, 11) is 0. The van der Waals surface area contributed by atoms with E-state index in [1.165, 1.54) is 0 Å². The Morgan fingerprint density at radius 1 is 1.70 bits per heavy atom. The third-order valence-corrected chi connectivity index (χ3v) is 0.376. The summed E-state index contributed by atoms with van der Waals surface area (Å²) in [4.78, 5) is 9.27. The van der Waals surface area contributed by atoms with Crippen LogP contribution >= 0.6 is 0 Å². The Bertz CT molecular complexity index is 115. The van der Waals surface area contributed by atoms with Gasteiger partial charge in [0.05, 0.1) is 0 Å². The third-order valence-electron chi connectivity index (χ3n) is 0.376. The largest absolute Gasteiger partial charge is 0.477 e. The fraction of sp³-hybridized carbons (Fsp3) is 0.500. The Morgan fingerprint density at radius 3 is 1.80 bits per heavy atom. The lowest BCUT2D eigenvalue weighted by Gasteiger charge is -1.98. The van der Waals surface area contributed by atoms with Crippen LogP contribution in [-0.4, -0.2) is 17.0 Å². The second-order valence-electron chi connectivity index (χ2n) is 1.60. The number of allylic oxidation sites excluding steroid dienone is 1. The molecule has 0 bridgehead atoms. The highest BCUT2D eigenvalue weighted by molar-refractivity contribution is 5.74. The first-order valence-corrected chi connectivity index (χ1v) is 2.54. The van der Waals surface area contributed by atoms with Gasteiger partial charge in [0.2, 0.25) is 0 Å². The van der Waals surface area contributed by atoms with Crippen LogP contribution in [0.1, 0.15) is 13.8 Å². The number of rotatable bonds is 1. The average molecular weight is 152 g/mol. The molecule has 1 N–H and O–H groups in total. The maximum atomic E-state index is 11.2. The maximum Gasteiger partial charge on any atom is 0.374 e. The molecular weight excluding hydrogens is 142 g/mol. The molecule has 0 atom stereocenters. The van der Waals surface area contributed by atoms with Gasteiger partial charge in [-0.1, -0.05) is 6.08 Å². The van der Waals surface area contributed by atoms with E-state index in [4.69, 9.17) is 5.11 Å². The molecule has 0 spiro atoms. The van der Waals surface area contributed by atoms with Gasteiger partial charge in [0.15, 0.2) is 0 Å². The van der Waals surface area contributed by atoms with Crippen molar-refractivity contribution in [1.82, 2.24) is 0 Å². The van der Waals surface area contributed by atoms with Crippen LogP contribution < -0.4 is 0 Å². The Kier molecular flexibility index (Phi) is 5.79. The van der Waals surface area contributed by atoms with Crippen molar-refractivity contribution >= 4 is 5.97 Å². The van der Waals surface area contributed by atoms with Crippen molar-refractivity contribution in [2.75, 3.05) is 0 Å². The van der Waals surface area contributed by atoms with Crippen LogP contribution in [0.4, 0.5) is 8.78 Å². The number of aliphatic carboxylic acids is 1. The molecule has 0 aliphatic heterocycles. The topological polar surface area (TPSA) is 37.3 Å². The van der Waals surface area contributed by atoms with Crippen molar-refractivity contribution < 1.29 is 18.7 Å². The molecule has 4 heteroatoms. The molecule has 2 nitrogen and oxygen atoms in total. The van der Waals surface area contributed by atoms with Crippen LogP contribution in [-0.2, 0) is 4.79 Å². The molecule has 0 saturated carbocycles. The van der Waals surface area contributed by atoms with Gasteiger partial charge < -0.3 is 5.11 Å². The molecular formula is C6H10F2O2. The maximum absolute atomic E-state index is 11.2. The molecule has 0 saturated heterocycles. The minimum absolute atomic E-state index is 0.329. The van der Waals surface area contributed by atoms with Gasteiger partial charge in [-0.05, 0) is 6.92 Å². The number of hydrogen-bond acceptors (Lipinski definition) is 1. The summed E-state index contributed by atoms with van der Waals surface area (Å²) in [5.41, 5.74) is 0. The van der Waals surface area contributed by atoms with E-state index < -0.39 is 11.9 Å². The standard InChI is InChI=1S/C3H4F2O2.C3H6/c1-3(4,5)2(6)7;1-3-2/h1H3,(H,6,7);3H,1H2,2H3. The molecule has 10 heavy (non-hydrogen) atoms. The Labute approximate surface area is 58.2 Å². The molecule has 0 fully saturated rings. The molecule has 0 aliphatic rings. The fourth-order valence-corrected chi connectivity index (χ4v) is 0. The molecule has 0 unspecified atom stereocenters. The summed E-state index contributed by atoms with van der Waals surface area (Å²) >= 11 is 0. The summed E-state index contributed by atoms with van der Waals surface area (Å²) in [5.74, 6) is -5.67. The van der Waals surface area contributed by atoms with Crippen molar-refractivity contribution in [2.45, 2.75) is 19.8 Å². The van der Waals surface area contributed by atoms with Crippen molar-refractivity contribution in [3.63, 3.8) is 0 Å². The van der Waals surface area contributed by atoms with Crippen LogP contribution in [0.3, 0.4) is 0 Å². The second kappa shape index (κ2) is 4.90. The lowest BCUT2D eigenvalue weighted by atomic mass is 10.4. The van der Waals surface area contributed by atoms with Crippen molar-refractivity contribution in [3.8, 4) is 0 Å². The highest BCUT2D eigenvalue weighted by atomic mass is 19.3. The molecule has 0 aromatic carbocycles.